The van der Waals surface area contributed by atoms with Crippen LogP contribution in [0.5, 0.6) is 0 Å². The number of aliphatic hydroxyl groups excluding tert-OH is 1. The van der Waals surface area contributed by atoms with Crippen molar-refractivity contribution in [1.82, 2.24) is 0 Å². The smallest absolute Gasteiger partial charge is 0.0543 e. The maximum atomic E-state index is 10.3. The van der Waals surface area contributed by atoms with Gasteiger partial charge in [0.05, 0.1) is 6.10 Å². The van der Waals surface area contributed by atoms with Gasteiger partial charge in [0.1, 0.15) is 0 Å². The molecule has 4 aliphatic carbocycles. The standard InChI is InChI=1S/C28H48O2/c1-27-16-12-26-24(9-7-22-19-23(29)11-15-28(22,26)2)25(27)10-8-21(27)6-4-3-5-20-13-17-30-18-14-20/h20-26,29H,3-19H2,1-2H3. The van der Waals surface area contributed by atoms with Crippen LogP contribution >= 0.6 is 0 Å². The van der Waals surface area contributed by atoms with Gasteiger partial charge in [-0.1, -0.05) is 33.1 Å². The third-order valence-electron chi connectivity index (χ3n) is 11.6. The van der Waals surface area contributed by atoms with Gasteiger partial charge in [0.15, 0.2) is 0 Å². The average Bonchev–Trinajstić information content (AvgIpc) is 3.09. The zero-order chi connectivity index (χ0) is 20.8. The van der Waals surface area contributed by atoms with Crippen molar-refractivity contribution < 1.29 is 9.84 Å². The molecule has 0 amide bonds. The Morgan fingerprint density at radius 1 is 0.767 bits per heavy atom. The van der Waals surface area contributed by atoms with Crippen molar-refractivity contribution in [2.24, 2.45) is 46.3 Å². The highest BCUT2D eigenvalue weighted by Crippen LogP contribution is 2.67. The average molecular weight is 417 g/mol. The summed E-state index contributed by atoms with van der Waals surface area (Å²) in [6, 6.07) is 0. The van der Waals surface area contributed by atoms with Crippen molar-refractivity contribution in [3.05, 3.63) is 0 Å². The van der Waals surface area contributed by atoms with Gasteiger partial charge in [-0.05, 0) is 123 Å². The van der Waals surface area contributed by atoms with Gasteiger partial charge in [-0.25, -0.2) is 0 Å². The third kappa shape index (κ3) is 3.81. The Kier molecular flexibility index (Phi) is 6.30. The van der Waals surface area contributed by atoms with Gasteiger partial charge in [0.2, 0.25) is 0 Å². The highest BCUT2D eigenvalue weighted by atomic mass is 16.5. The Balaban J connectivity index is 1.18. The van der Waals surface area contributed by atoms with Crippen molar-refractivity contribution in [3.63, 3.8) is 0 Å². The lowest BCUT2D eigenvalue weighted by molar-refractivity contribution is -0.127. The first kappa shape index (κ1) is 21.7. The second-order valence-electron chi connectivity index (χ2n) is 12.7. The van der Waals surface area contributed by atoms with E-state index in [-0.39, 0.29) is 6.10 Å². The molecule has 1 heterocycles. The molecule has 0 bridgehead atoms. The molecule has 0 radical (unpaired) electrons. The first-order valence-electron chi connectivity index (χ1n) is 13.8. The number of aliphatic hydroxyl groups is 1. The lowest BCUT2D eigenvalue weighted by Gasteiger charge is -2.61. The van der Waals surface area contributed by atoms with E-state index in [4.69, 9.17) is 4.74 Å². The van der Waals surface area contributed by atoms with Crippen molar-refractivity contribution in [1.29, 1.82) is 0 Å². The summed E-state index contributed by atoms with van der Waals surface area (Å²) in [5, 5.41) is 10.3. The van der Waals surface area contributed by atoms with Crippen molar-refractivity contribution in [2.75, 3.05) is 13.2 Å². The van der Waals surface area contributed by atoms with Gasteiger partial charge in [0.25, 0.3) is 0 Å². The maximum Gasteiger partial charge on any atom is 0.0543 e. The molecule has 5 fully saturated rings. The zero-order valence-electron chi connectivity index (χ0n) is 19.9. The van der Waals surface area contributed by atoms with Crippen molar-refractivity contribution in [3.8, 4) is 0 Å². The van der Waals surface area contributed by atoms with E-state index in [0.717, 1.165) is 61.6 Å². The highest BCUT2D eigenvalue weighted by Gasteiger charge is 2.59. The van der Waals surface area contributed by atoms with Crippen LogP contribution in [-0.2, 0) is 4.74 Å². The number of fused-ring (bicyclic) bond motifs is 5. The molecule has 4 saturated carbocycles. The maximum absolute atomic E-state index is 10.3. The summed E-state index contributed by atoms with van der Waals surface area (Å²) in [5.74, 6) is 5.69. The molecular formula is C28H48O2. The lowest BCUT2D eigenvalue weighted by atomic mass is 9.44. The van der Waals surface area contributed by atoms with Crippen LogP contribution in [0.1, 0.15) is 110 Å². The zero-order valence-corrected chi connectivity index (χ0v) is 19.9. The summed E-state index contributed by atoms with van der Waals surface area (Å²) in [6.45, 7) is 7.36. The minimum atomic E-state index is -0.00882. The highest BCUT2D eigenvalue weighted by molar-refractivity contribution is 5.09. The molecule has 1 saturated heterocycles. The number of rotatable bonds is 5. The largest absolute Gasteiger partial charge is 0.393 e. The second-order valence-corrected chi connectivity index (χ2v) is 12.7. The molecule has 0 aromatic carbocycles. The second kappa shape index (κ2) is 8.69. The lowest BCUT2D eigenvalue weighted by Crippen LogP contribution is -2.53. The van der Waals surface area contributed by atoms with Gasteiger partial charge in [-0.15, -0.1) is 0 Å². The van der Waals surface area contributed by atoms with E-state index in [0.29, 0.717) is 10.8 Å². The Morgan fingerprint density at radius 3 is 2.33 bits per heavy atom. The molecule has 0 aromatic heterocycles. The molecular weight excluding hydrogens is 368 g/mol. The molecule has 1 N–H and O–H groups in total. The van der Waals surface area contributed by atoms with Gasteiger partial charge in [0, 0.05) is 13.2 Å². The van der Waals surface area contributed by atoms with Crippen LogP contribution in [0.15, 0.2) is 0 Å². The summed E-state index contributed by atoms with van der Waals surface area (Å²) in [4.78, 5) is 0. The Morgan fingerprint density at radius 2 is 1.50 bits per heavy atom. The monoisotopic (exact) mass is 416 g/mol. The molecule has 5 aliphatic rings. The Labute approximate surface area is 185 Å². The molecule has 0 spiro atoms. The molecule has 8 atom stereocenters. The number of hydrogen-bond acceptors (Lipinski definition) is 2. The van der Waals surface area contributed by atoms with Crippen LogP contribution in [0.2, 0.25) is 0 Å². The van der Waals surface area contributed by atoms with E-state index in [9.17, 15) is 5.11 Å². The van der Waals surface area contributed by atoms with Crippen LogP contribution in [0, 0.1) is 46.3 Å². The predicted octanol–water partition coefficient (Wildman–Crippen LogP) is 6.99. The number of hydrogen-bond donors (Lipinski definition) is 1. The molecule has 0 aromatic rings. The van der Waals surface area contributed by atoms with Crippen LogP contribution in [0.4, 0.5) is 0 Å². The van der Waals surface area contributed by atoms with Crippen molar-refractivity contribution in [2.45, 2.75) is 116 Å². The summed E-state index contributed by atoms with van der Waals surface area (Å²) in [6.07, 6.45) is 20.8. The van der Waals surface area contributed by atoms with Gasteiger partial charge < -0.3 is 9.84 Å². The van der Waals surface area contributed by atoms with Crippen LogP contribution in [0.3, 0.4) is 0 Å². The summed E-state index contributed by atoms with van der Waals surface area (Å²) in [5.41, 5.74) is 1.17. The molecule has 2 heteroatoms. The van der Waals surface area contributed by atoms with E-state index in [1.54, 1.807) is 0 Å². The fourth-order valence-corrected chi connectivity index (χ4v) is 9.68. The summed E-state index contributed by atoms with van der Waals surface area (Å²) < 4.78 is 5.54. The molecule has 172 valence electrons. The number of ether oxygens (including phenoxy) is 1. The quantitative estimate of drug-likeness (QED) is 0.489. The minimum absolute atomic E-state index is 0.00882. The van der Waals surface area contributed by atoms with Gasteiger partial charge in [-0.2, -0.15) is 0 Å². The fraction of sp³-hybridized carbons (Fsp3) is 1.00. The van der Waals surface area contributed by atoms with Crippen LogP contribution < -0.4 is 0 Å². The first-order valence-corrected chi connectivity index (χ1v) is 13.8. The summed E-state index contributed by atoms with van der Waals surface area (Å²) >= 11 is 0. The first-order chi connectivity index (χ1) is 14.5. The third-order valence-corrected chi connectivity index (χ3v) is 11.6. The normalized spacial score (nSPS) is 49.3. The summed E-state index contributed by atoms with van der Waals surface area (Å²) in [7, 11) is 0. The van der Waals surface area contributed by atoms with E-state index < -0.39 is 0 Å². The fourth-order valence-electron chi connectivity index (χ4n) is 9.68. The molecule has 1 aliphatic heterocycles. The Bertz CT molecular complexity index is 583. The molecule has 30 heavy (non-hydrogen) atoms. The van der Waals surface area contributed by atoms with E-state index in [1.807, 2.05) is 0 Å². The topological polar surface area (TPSA) is 29.5 Å². The predicted molar refractivity (Wildman–Crippen MR) is 123 cm³/mol. The van der Waals surface area contributed by atoms with Crippen molar-refractivity contribution >= 4 is 0 Å². The van der Waals surface area contributed by atoms with Gasteiger partial charge >= 0.3 is 0 Å². The van der Waals surface area contributed by atoms with Crippen LogP contribution in [0.25, 0.3) is 0 Å². The Hall–Kier alpha value is -0.0800. The number of unbranched alkanes of at least 4 members (excludes halogenated alkanes) is 1. The van der Waals surface area contributed by atoms with Gasteiger partial charge in [-0.3, -0.25) is 0 Å². The molecule has 5 rings (SSSR count). The van der Waals surface area contributed by atoms with E-state index in [2.05, 4.69) is 13.8 Å². The minimum Gasteiger partial charge on any atom is -0.393 e. The van der Waals surface area contributed by atoms with Crippen LogP contribution in [-0.4, -0.2) is 24.4 Å². The molecule has 2 nitrogen and oxygen atoms in total. The SMILES string of the molecule is CC12CCC3C(CCC4CC(O)CCC43C)C1CCC2CCCCC1CCOCC1. The van der Waals surface area contributed by atoms with E-state index >= 15 is 0 Å². The van der Waals surface area contributed by atoms with E-state index in [1.165, 1.54) is 83.5 Å². The molecule has 8 unspecified atom stereocenters.